The smallest absolute Gasteiger partial charge is 0.335 e. The van der Waals surface area contributed by atoms with Gasteiger partial charge in [-0.05, 0) is 92.8 Å². The Labute approximate surface area is 335 Å². The van der Waals surface area contributed by atoms with Gasteiger partial charge in [-0.2, -0.15) is 0 Å². The minimum Gasteiger partial charge on any atom is -0.479 e. The molecular weight excluding hydrogens is 740 g/mol. The first-order valence-electron chi connectivity index (χ1n) is 20.6. The van der Waals surface area contributed by atoms with Crippen LogP contribution in [0.25, 0.3) is 0 Å². The van der Waals surface area contributed by atoms with Crippen LogP contribution in [0.4, 0.5) is 0 Å². The second kappa shape index (κ2) is 14.9. The number of esters is 2. The van der Waals surface area contributed by atoms with E-state index in [9.17, 15) is 50.1 Å². The summed E-state index contributed by atoms with van der Waals surface area (Å²) in [6, 6.07) is 0. The average molecular weight is 807 g/mol. The van der Waals surface area contributed by atoms with Gasteiger partial charge in [0.05, 0.1) is 30.8 Å². The Kier molecular flexibility index (Phi) is 11.6. The molecule has 0 amide bonds. The summed E-state index contributed by atoms with van der Waals surface area (Å²) in [5.41, 5.74) is -2.67. The standard InChI is InChI=1S/C43H66O14/c1-10-21(2)36(53)57-33-34(54-22(3)46)43(20-45)24(17-38(33,4)5)23-11-12-26-39(6)15-14-28(55-37-31(50)29(48)30(49)32(56-37)35(51)52)40(7,19-44)25(39)13-16-41(26,8)42(23,9)18-27(43)47/h10-11,24-34,37,44-45,47-50H,12-20H2,1-9H3,(H,51,52)/b21-10+/t24-,25?,26?,27-,28?,29+,30+,31-,32+,33-,34-,37-,39+,40?,41-,42-,43+/m1/s1. The van der Waals surface area contributed by atoms with Gasteiger partial charge < -0.3 is 54.7 Å². The first kappa shape index (κ1) is 44.1. The molecule has 0 aromatic heterocycles. The lowest BCUT2D eigenvalue weighted by Gasteiger charge is -2.72. The Morgan fingerprint density at radius 3 is 2.11 bits per heavy atom. The van der Waals surface area contributed by atoms with Crippen molar-refractivity contribution < 1.29 is 69.1 Å². The SMILES string of the molecule is C/C=C(\C)C(=O)O[C@@H]1[C@@H](OC(C)=O)[C@]2(CO)[C@H](O)C[C@]3(C)C(=CCC4[C@@]5(C)CCC(O[C@@H]6O[C@H](C(=O)O)[C@@H](O)[C@H](O)[C@H]6O)C(C)(CO)C5CC[C@]43C)[C@H]2CC1(C)C. The monoisotopic (exact) mass is 806 g/mol. The summed E-state index contributed by atoms with van der Waals surface area (Å²) >= 11 is 0. The van der Waals surface area contributed by atoms with E-state index < -0.39 is 107 Å². The minimum atomic E-state index is -1.85. The van der Waals surface area contributed by atoms with Crippen LogP contribution in [0.5, 0.6) is 0 Å². The van der Waals surface area contributed by atoms with E-state index in [0.717, 1.165) is 12.0 Å². The summed E-state index contributed by atoms with van der Waals surface area (Å²) in [5.74, 6) is -3.06. The molecule has 5 fully saturated rings. The van der Waals surface area contributed by atoms with Gasteiger partial charge >= 0.3 is 17.9 Å². The number of carbonyl (C=O) groups excluding carboxylic acids is 2. The maximum Gasteiger partial charge on any atom is 0.335 e. The molecular formula is C43H66O14. The van der Waals surface area contributed by atoms with Crippen LogP contribution in [0.15, 0.2) is 23.3 Å². The zero-order chi connectivity index (χ0) is 42.4. The lowest BCUT2D eigenvalue weighted by molar-refractivity contribution is -0.328. The van der Waals surface area contributed by atoms with Crippen LogP contribution in [-0.4, -0.2) is 122 Å². The summed E-state index contributed by atoms with van der Waals surface area (Å²) in [6.45, 7) is 16.6. The van der Waals surface area contributed by atoms with E-state index in [1.165, 1.54) is 6.92 Å². The molecule has 1 saturated heterocycles. The van der Waals surface area contributed by atoms with Crippen molar-refractivity contribution in [1.82, 2.24) is 0 Å². The number of ether oxygens (including phenoxy) is 4. The zero-order valence-electron chi connectivity index (χ0n) is 34.9. The van der Waals surface area contributed by atoms with Crippen molar-refractivity contribution in [2.45, 2.75) is 162 Å². The van der Waals surface area contributed by atoms with E-state index >= 15 is 0 Å². The number of aliphatic hydroxyl groups excluding tert-OH is 6. The summed E-state index contributed by atoms with van der Waals surface area (Å²) < 4.78 is 24.0. The number of aliphatic carboxylic acids is 1. The first-order chi connectivity index (χ1) is 26.4. The molecule has 1 aliphatic heterocycles. The van der Waals surface area contributed by atoms with Gasteiger partial charge in [-0.25, -0.2) is 9.59 Å². The number of aliphatic hydroxyl groups is 6. The lowest BCUT2D eigenvalue weighted by Crippen LogP contribution is -2.72. The van der Waals surface area contributed by atoms with Crippen LogP contribution in [0.2, 0.25) is 0 Å². The van der Waals surface area contributed by atoms with Crippen molar-refractivity contribution >= 4 is 17.9 Å². The third-order valence-electron chi connectivity index (χ3n) is 16.8. The molecule has 4 saturated carbocycles. The highest BCUT2D eigenvalue weighted by atomic mass is 16.7. The fraction of sp³-hybridized carbons (Fsp3) is 0.837. The highest BCUT2D eigenvalue weighted by molar-refractivity contribution is 5.87. The summed E-state index contributed by atoms with van der Waals surface area (Å²) in [6.07, 6.45) is -4.71. The third kappa shape index (κ3) is 6.37. The Balaban J connectivity index is 1.36. The van der Waals surface area contributed by atoms with Gasteiger partial charge in [0.1, 0.15) is 30.5 Å². The number of fused-ring (bicyclic) bond motifs is 7. The maximum atomic E-state index is 13.2. The summed E-state index contributed by atoms with van der Waals surface area (Å²) in [5, 5.41) is 76.3. The molecule has 7 N–H and O–H groups in total. The van der Waals surface area contributed by atoms with Gasteiger partial charge in [0.25, 0.3) is 0 Å². The largest absolute Gasteiger partial charge is 0.479 e. The number of allylic oxidation sites excluding steroid dienone is 3. The predicted octanol–water partition coefficient (Wildman–Crippen LogP) is 3.03. The number of carboxylic acids is 1. The molecule has 1 heterocycles. The fourth-order valence-corrected chi connectivity index (χ4v) is 13.3. The molecule has 6 aliphatic rings. The average Bonchev–Trinajstić information content (AvgIpc) is 3.13. The van der Waals surface area contributed by atoms with E-state index in [0.29, 0.717) is 37.7 Å². The van der Waals surface area contributed by atoms with Crippen molar-refractivity contribution in [2.24, 2.45) is 50.2 Å². The molecule has 0 aromatic carbocycles. The maximum absolute atomic E-state index is 13.2. The number of rotatable bonds is 8. The lowest BCUT2D eigenvalue weighted by atomic mass is 9.33. The third-order valence-corrected chi connectivity index (χ3v) is 16.8. The van der Waals surface area contributed by atoms with Gasteiger partial charge in [0.2, 0.25) is 0 Å². The van der Waals surface area contributed by atoms with Crippen LogP contribution in [-0.2, 0) is 33.3 Å². The Morgan fingerprint density at radius 1 is 0.860 bits per heavy atom. The number of hydrogen-bond acceptors (Lipinski definition) is 13. The Morgan fingerprint density at radius 2 is 1.53 bits per heavy atom. The molecule has 322 valence electrons. The zero-order valence-corrected chi connectivity index (χ0v) is 34.9. The normalized spacial score (nSPS) is 49.2. The second-order valence-electron chi connectivity index (χ2n) is 19.9. The second-order valence-corrected chi connectivity index (χ2v) is 19.9. The van der Waals surface area contributed by atoms with E-state index in [2.05, 4.69) is 26.8 Å². The molecule has 0 aromatic rings. The van der Waals surface area contributed by atoms with Gasteiger partial charge in [-0.15, -0.1) is 0 Å². The molecule has 6 rings (SSSR count). The van der Waals surface area contributed by atoms with Gasteiger partial charge in [0, 0.05) is 23.3 Å². The predicted molar refractivity (Wildman–Crippen MR) is 204 cm³/mol. The highest BCUT2D eigenvalue weighted by Gasteiger charge is 2.74. The first-order valence-corrected chi connectivity index (χ1v) is 20.6. The topological polar surface area (TPSA) is 230 Å². The van der Waals surface area contributed by atoms with Gasteiger partial charge in [0.15, 0.2) is 12.4 Å². The fourth-order valence-electron chi connectivity index (χ4n) is 13.3. The quantitative estimate of drug-likeness (QED) is 0.0810. The molecule has 14 nitrogen and oxygen atoms in total. The Hall–Kier alpha value is -2.43. The van der Waals surface area contributed by atoms with Crippen molar-refractivity contribution in [3.8, 4) is 0 Å². The van der Waals surface area contributed by atoms with Crippen molar-refractivity contribution in [3.05, 3.63) is 23.3 Å². The van der Waals surface area contributed by atoms with Gasteiger partial charge in [-0.1, -0.05) is 59.3 Å². The molecule has 0 bridgehead atoms. The minimum absolute atomic E-state index is 0.0834. The molecule has 4 unspecified atom stereocenters. The van der Waals surface area contributed by atoms with Crippen molar-refractivity contribution in [1.29, 1.82) is 0 Å². The van der Waals surface area contributed by atoms with Crippen LogP contribution in [0.3, 0.4) is 0 Å². The van der Waals surface area contributed by atoms with Crippen LogP contribution >= 0.6 is 0 Å². The summed E-state index contributed by atoms with van der Waals surface area (Å²) in [7, 11) is 0. The highest BCUT2D eigenvalue weighted by Crippen LogP contribution is 2.76. The number of carbonyl (C=O) groups is 3. The van der Waals surface area contributed by atoms with E-state index in [4.69, 9.17) is 18.9 Å². The van der Waals surface area contributed by atoms with Crippen LogP contribution in [0, 0.1) is 50.2 Å². The molecule has 0 spiro atoms. The van der Waals surface area contributed by atoms with E-state index in [1.54, 1.807) is 19.9 Å². The molecule has 0 radical (unpaired) electrons. The molecule has 57 heavy (non-hydrogen) atoms. The molecule has 17 atom stereocenters. The Bertz CT molecular complexity index is 1660. The molecule has 5 aliphatic carbocycles. The van der Waals surface area contributed by atoms with E-state index in [-0.39, 0.29) is 35.7 Å². The number of carboxylic acid groups (broad SMARTS) is 1. The number of hydrogen-bond donors (Lipinski definition) is 7. The summed E-state index contributed by atoms with van der Waals surface area (Å²) in [4.78, 5) is 37.8. The van der Waals surface area contributed by atoms with Crippen LogP contribution in [0.1, 0.15) is 107 Å². The van der Waals surface area contributed by atoms with Crippen molar-refractivity contribution in [2.75, 3.05) is 13.2 Å². The van der Waals surface area contributed by atoms with Crippen molar-refractivity contribution in [3.63, 3.8) is 0 Å². The van der Waals surface area contributed by atoms with Crippen LogP contribution < -0.4 is 0 Å². The van der Waals surface area contributed by atoms with Gasteiger partial charge in [-0.3, -0.25) is 4.79 Å². The van der Waals surface area contributed by atoms with E-state index in [1.807, 2.05) is 20.8 Å². The molecule has 14 heteroatoms.